The first-order valence-electron chi connectivity index (χ1n) is 4.74. The first-order chi connectivity index (χ1) is 8.58. The van der Waals surface area contributed by atoms with Gasteiger partial charge in [-0.2, -0.15) is 11.3 Å². The van der Waals surface area contributed by atoms with E-state index in [0.717, 1.165) is 6.07 Å². The number of ether oxygens (including phenoxy) is 1. The van der Waals surface area contributed by atoms with E-state index in [1.165, 1.54) is 28.8 Å². The maximum absolute atomic E-state index is 12.3. The van der Waals surface area contributed by atoms with Gasteiger partial charge in [0, 0.05) is 5.38 Å². The van der Waals surface area contributed by atoms with Crippen molar-refractivity contribution in [2.24, 2.45) is 0 Å². The van der Waals surface area contributed by atoms with Crippen molar-refractivity contribution in [3.63, 3.8) is 0 Å². The topological polar surface area (TPSA) is 43.4 Å². The average molecular weight is 288 g/mol. The zero-order chi connectivity index (χ0) is 13.1. The first-order valence-corrected chi connectivity index (χ1v) is 6.50. The Kier molecular flexibility index (Phi) is 3.83. The van der Waals surface area contributed by atoms with Gasteiger partial charge < -0.3 is 4.74 Å². The molecule has 0 bridgehead atoms. The van der Waals surface area contributed by atoms with Crippen LogP contribution in [-0.2, 0) is 4.74 Å². The van der Waals surface area contributed by atoms with E-state index in [1.807, 2.05) is 0 Å². The Morgan fingerprint density at radius 1 is 1.17 bits per heavy atom. The fourth-order valence-electron chi connectivity index (χ4n) is 1.15. The number of hydrogen-bond acceptors (Lipinski definition) is 5. The van der Waals surface area contributed by atoms with Crippen molar-refractivity contribution in [3.8, 4) is 0 Å². The summed E-state index contributed by atoms with van der Waals surface area (Å²) in [6.07, 6.45) is -2.64. The van der Waals surface area contributed by atoms with Gasteiger partial charge in [-0.3, -0.25) is 0 Å². The Balaban J connectivity index is 2.05. The van der Waals surface area contributed by atoms with Crippen molar-refractivity contribution >= 4 is 34.6 Å². The molecule has 0 aromatic carbocycles. The number of alkyl halides is 2. The van der Waals surface area contributed by atoms with Crippen LogP contribution >= 0.6 is 22.7 Å². The van der Waals surface area contributed by atoms with Crippen LogP contribution in [0.1, 0.15) is 31.3 Å². The maximum atomic E-state index is 12.3. The normalized spacial score (nSPS) is 10.6. The number of thiophene rings is 2. The standard InChI is InChI=1S/C11H6F2O3S2/c12-9(13)7-1-2-8(18-7)11(15)16-10(14)6-3-4-17-5-6/h1-5,9H. The third-order valence-corrected chi connectivity index (χ3v) is 3.74. The van der Waals surface area contributed by atoms with E-state index in [4.69, 9.17) is 0 Å². The summed E-state index contributed by atoms with van der Waals surface area (Å²) in [5, 5.41) is 3.20. The van der Waals surface area contributed by atoms with Crippen LogP contribution in [0.3, 0.4) is 0 Å². The lowest BCUT2D eigenvalue weighted by atomic mass is 10.3. The predicted octanol–water partition coefficient (Wildman–Crippen LogP) is 3.74. The minimum atomic E-state index is -2.64. The second-order valence-corrected chi connectivity index (χ2v) is 5.09. The second kappa shape index (κ2) is 5.36. The van der Waals surface area contributed by atoms with Gasteiger partial charge in [-0.15, -0.1) is 11.3 Å². The third kappa shape index (κ3) is 2.80. The van der Waals surface area contributed by atoms with E-state index in [1.54, 1.807) is 5.38 Å². The van der Waals surface area contributed by atoms with Crippen LogP contribution in [0.25, 0.3) is 0 Å². The molecule has 94 valence electrons. The van der Waals surface area contributed by atoms with Crippen molar-refractivity contribution in [1.29, 1.82) is 0 Å². The third-order valence-electron chi connectivity index (χ3n) is 1.99. The molecule has 18 heavy (non-hydrogen) atoms. The lowest BCUT2D eigenvalue weighted by Crippen LogP contribution is -2.10. The van der Waals surface area contributed by atoms with E-state index >= 15 is 0 Å². The number of esters is 2. The summed E-state index contributed by atoms with van der Waals surface area (Å²) in [6.45, 7) is 0. The van der Waals surface area contributed by atoms with E-state index in [0.29, 0.717) is 11.3 Å². The first kappa shape index (κ1) is 12.8. The molecule has 3 nitrogen and oxygen atoms in total. The van der Waals surface area contributed by atoms with Crippen molar-refractivity contribution in [2.45, 2.75) is 6.43 Å². The Labute approximate surface area is 109 Å². The summed E-state index contributed by atoms with van der Waals surface area (Å²) in [5.41, 5.74) is 0.263. The zero-order valence-electron chi connectivity index (χ0n) is 8.76. The fourth-order valence-corrected chi connectivity index (χ4v) is 2.52. The minimum Gasteiger partial charge on any atom is -0.385 e. The molecule has 0 atom stereocenters. The van der Waals surface area contributed by atoms with E-state index < -0.39 is 18.4 Å². The van der Waals surface area contributed by atoms with Gasteiger partial charge in [0.25, 0.3) is 6.43 Å². The van der Waals surface area contributed by atoms with Crippen LogP contribution < -0.4 is 0 Å². The lowest BCUT2D eigenvalue weighted by molar-refractivity contribution is 0.0401. The van der Waals surface area contributed by atoms with Gasteiger partial charge in [-0.25, -0.2) is 18.4 Å². The smallest absolute Gasteiger partial charge is 0.356 e. The summed E-state index contributed by atoms with van der Waals surface area (Å²) in [5.74, 6) is -1.70. The highest BCUT2D eigenvalue weighted by Gasteiger charge is 2.19. The lowest BCUT2D eigenvalue weighted by Gasteiger charge is -1.98. The molecule has 2 aromatic heterocycles. The zero-order valence-corrected chi connectivity index (χ0v) is 10.4. The van der Waals surface area contributed by atoms with Crippen LogP contribution in [0, 0.1) is 0 Å². The molecule has 2 aromatic rings. The molecule has 0 aliphatic heterocycles. The van der Waals surface area contributed by atoms with Gasteiger partial charge in [0.05, 0.1) is 10.4 Å². The Bertz CT molecular complexity index is 561. The van der Waals surface area contributed by atoms with Crippen molar-refractivity contribution in [3.05, 3.63) is 44.3 Å². The van der Waals surface area contributed by atoms with Crippen LogP contribution in [-0.4, -0.2) is 11.9 Å². The quantitative estimate of drug-likeness (QED) is 0.638. The number of rotatable bonds is 3. The van der Waals surface area contributed by atoms with Crippen molar-refractivity contribution < 1.29 is 23.1 Å². The highest BCUT2D eigenvalue weighted by molar-refractivity contribution is 7.14. The molecule has 0 aliphatic rings. The van der Waals surface area contributed by atoms with Gasteiger partial charge in [-0.1, -0.05) is 0 Å². The second-order valence-electron chi connectivity index (χ2n) is 3.19. The predicted molar refractivity (Wildman–Crippen MR) is 63.3 cm³/mol. The van der Waals surface area contributed by atoms with Crippen LogP contribution in [0.2, 0.25) is 0 Å². The van der Waals surface area contributed by atoms with Gasteiger partial charge >= 0.3 is 11.9 Å². The SMILES string of the molecule is O=C(OC(=O)c1ccc(C(F)F)s1)c1ccsc1. The van der Waals surface area contributed by atoms with Crippen molar-refractivity contribution in [2.75, 3.05) is 0 Å². The summed E-state index contributed by atoms with van der Waals surface area (Å²) < 4.78 is 29.2. The van der Waals surface area contributed by atoms with E-state index in [9.17, 15) is 18.4 Å². The molecule has 0 spiro atoms. The molecule has 2 heterocycles. The Hall–Kier alpha value is -1.60. The summed E-state index contributed by atoms with van der Waals surface area (Å²) in [6, 6.07) is 3.87. The molecule has 0 amide bonds. The molecular formula is C11H6F2O3S2. The molecule has 0 saturated heterocycles. The molecule has 0 N–H and O–H groups in total. The Morgan fingerprint density at radius 3 is 2.50 bits per heavy atom. The molecular weight excluding hydrogens is 282 g/mol. The summed E-state index contributed by atoms with van der Waals surface area (Å²) >= 11 is 1.90. The molecule has 0 unspecified atom stereocenters. The van der Waals surface area contributed by atoms with Gasteiger partial charge in [0.1, 0.15) is 4.88 Å². The van der Waals surface area contributed by atoms with Gasteiger partial charge in [-0.05, 0) is 23.6 Å². The number of carbonyl (C=O) groups is 2. The number of halogens is 2. The summed E-state index contributed by atoms with van der Waals surface area (Å²) in [7, 11) is 0. The number of hydrogen-bond donors (Lipinski definition) is 0. The van der Waals surface area contributed by atoms with E-state index in [2.05, 4.69) is 4.74 Å². The highest BCUT2D eigenvalue weighted by Crippen LogP contribution is 2.27. The maximum Gasteiger partial charge on any atom is 0.356 e. The van der Waals surface area contributed by atoms with Crippen molar-refractivity contribution in [1.82, 2.24) is 0 Å². The average Bonchev–Trinajstić information content (AvgIpc) is 3.00. The van der Waals surface area contributed by atoms with E-state index in [-0.39, 0.29) is 15.3 Å². The van der Waals surface area contributed by atoms with Crippen LogP contribution in [0.5, 0.6) is 0 Å². The summed E-state index contributed by atoms with van der Waals surface area (Å²) in [4.78, 5) is 22.7. The molecule has 2 rings (SSSR count). The van der Waals surface area contributed by atoms with Gasteiger partial charge in [0.2, 0.25) is 0 Å². The minimum absolute atomic E-state index is 0.0196. The highest BCUT2D eigenvalue weighted by atomic mass is 32.1. The van der Waals surface area contributed by atoms with Crippen LogP contribution in [0.4, 0.5) is 8.78 Å². The molecule has 0 radical (unpaired) electrons. The fraction of sp³-hybridized carbons (Fsp3) is 0.0909. The van der Waals surface area contributed by atoms with Crippen LogP contribution in [0.15, 0.2) is 29.0 Å². The Morgan fingerprint density at radius 2 is 1.94 bits per heavy atom. The monoisotopic (exact) mass is 288 g/mol. The van der Waals surface area contributed by atoms with Gasteiger partial charge in [0.15, 0.2) is 0 Å². The molecule has 7 heteroatoms. The number of carbonyl (C=O) groups excluding carboxylic acids is 2. The largest absolute Gasteiger partial charge is 0.385 e. The molecule has 0 fully saturated rings. The molecule has 0 aliphatic carbocycles. The molecule has 0 saturated carbocycles.